The quantitative estimate of drug-likeness (QED) is 0.434. The zero-order chi connectivity index (χ0) is 13.4. The summed E-state index contributed by atoms with van der Waals surface area (Å²) in [5.74, 6) is 0.498. The fourth-order valence-corrected chi connectivity index (χ4v) is 1.54. The molecular formula is C12H18N2O4. The van der Waals surface area contributed by atoms with Crippen LogP contribution in [0, 0.1) is 10.1 Å². The standard InChI is InChI=1S/C12H18N2O4/c1-17-5-3-4-13-9-10-6-11(14(15)16)8-12(7-10)18-2/h6-8,13H,3-5,9H2,1-2H3. The molecule has 18 heavy (non-hydrogen) atoms. The second-order valence-electron chi connectivity index (χ2n) is 3.82. The lowest BCUT2D eigenvalue weighted by molar-refractivity contribution is -0.385. The summed E-state index contributed by atoms with van der Waals surface area (Å²) in [5.41, 5.74) is 0.876. The Hall–Kier alpha value is -1.66. The molecule has 6 nitrogen and oxygen atoms in total. The molecule has 0 atom stereocenters. The Bertz CT molecular complexity index is 396. The van der Waals surface area contributed by atoms with Crippen LogP contribution in [0.15, 0.2) is 18.2 Å². The second-order valence-corrected chi connectivity index (χ2v) is 3.82. The van der Waals surface area contributed by atoms with Crippen LogP contribution >= 0.6 is 0 Å². The number of nitro groups is 1. The molecule has 1 N–H and O–H groups in total. The van der Waals surface area contributed by atoms with Crippen molar-refractivity contribution < 1.29 is 14.4 Å². The lowest BCUT2D eigenvalue weighted by Gasteiger charge is -2.07. The molecule has 0 aromatic heterocycles. The maximum Gasteiger partial charge on any atom is 0.273 e. The Labute approximate surface area is 106 Å². The summed E-state index contributed by atoms with van der Waals surface area (Å²) >= 11 is 0. The van der Waals surface area contributed by atoms with Gasteiger partial charge in [-0.1, -0.05) is 0 Å². The Morgan fingerprint density at radius 3 is 2.72 bits per heavy atom. The van der Waals surface area contributed by atoms with Crippen molar-refractivity contribution in [2.75, 3.05) is 27.4 Å². The van der Waals surface area contributed by atoms with Gasteiger partial charge in [0.15, 0.2) is 0 Å². The van der Waals surface area contributed by atoms with Crippen LogP contribution in [0.4, 0.5) is 5.69 Å². The lowest BCUT2D eigenvalue weighted by atomic mass is 10.2. The molecule has 0 aliphatic heterocycles. The molecule has 1 aromatic rings. The molecule has 0 spiro atoms. The number of hydrogen-bond donors (Lipinski definition) is 1. The van der Waals surface area contributed by atoms with Gasteiger partial charge in [0.2, 0.25) is 0 Å². The van der Waals surface area contributed by atoms with E-state index in [2.05, 4.69) is 5.32 Å². The second kappa shape index (κ2) is 7.62. The number of nitrogens with one attached hydrogen (secondary N) is 1. The van der Waals surface area contributed by atoms with Gasteiger partial charge < -0.3 is 14.8 Å². The van der Waals surface area contributed by atoms with Gasteiger partial charge in [-0.2, -0.15) is 0 Å². The Kier molecular flexibility index (Phi) is 6.10. The lowest BCUT2D eigenvalue weighted by Crippen LogP contribution is -2.16. The highest BCUT2D eigenvalue weighted by atomic mass is 16.6. The van der Waals surface area contributed by atoms with Gasteiger partial charge in [0.1, 0.15) is 5.75 Å². The molecule has 0 fully saturated rings. The monoisotopic (exact) mass is 254 g/mol. The third-order valence-electron chi connectivity index (χ3n) is 2.43. The van der Waals surface area contributed by atoms with E-state index in [9.17, 15) is 10.1 Å². The first-order valence-corrected chi connectivity index (χ1v) is 5.69. The van der Waals surface area contributed by atoms with Gasteiger partial charge in [-0.15, -0.1) is 0 Å². The highest BCUT2D eigenvalue weighted by molar-refractivity contribution is 5.42. The molecule has 0 saturated heterocycles. The number of nitro benzene ring substituents is 1. The van der Waals surface area contributed by atoms with Crippen molar-refractivity contribution in [3.63, 3.8) is 0 Å². The number of hydrogen-bond acceptors (Lipinski definition) is 5. The van der Waals surface area contributed by atoms with Gasteiger partial charge in [0.05, 0.1) is 18.1 Å². The van der Waals surface area contributed by atoms with Crippen molar-refractivity contribution in [2.45, 2.75) is 13.0 Å². The van der Waals surface area contributed by atoms with E-state index in [0.29, 0.717) is 18.9 Å². The smallest absolute Gasteiger partial charge is 0.273 e. The summed E-state index contributed by atoms with van der Waals surface area (Å²) < 4.78 is 9.97. The van der Waals surface area contributed by atoms with Gasteiger partial charge in [-0.25, -0.2) is 0 Å². The zero-order valence-electron chi connectivity index (χ0n) is 10.6. The minimum absolute atomic E-state index is 0.0445. The molecule has 0 radical (unpaired) electrons. The summed E-state index contributed by atoms with van der Waals surface area (Å²) in [7, 11) is 3.15. The number of benzene rings is 1. The first-order chi connectivity index (χ1) is 8.67. The molecule has 6 heteroatoms. The van der Waals surface area contributed by atoms with Crippen molar-refractivity contribution >= 4 is 5.69 Å². The first kappa shape index (κ1) is 14.4. The number of rotatable bonds is 8. The molecule has 0 aliphatic carbocycles. The molecule has 0 saturated carbocycles. The van der Waals surface area contributed by atoms with E-state index in [-0.39, 0.29) is 5.69 Å². The Morgan fingerprint density at radius 2 is 2.11 bits per heavy atom. The minimum Gasteiger partial charge on any atom is -0.496 e. The van der Waals surface area contributed by atoms with Gasteiger partial charge in [-0.05, 0) is 24.6 Å². The Morgan fingerprint density at radius 1 is 1.33 bits per heavy atom. The maximum absolute atomic E-state index is 10.7. The first-order valence-electron chi connectivity index (χ1n) is 5.69. The summed E-state index contributed by atoms with van der Waals surface area (Å²) in [6.45, 7) is 2.08. The predicted octanol–water partition coefficient (Wildman–Crippen LogP) is 1.73. The number of ether oxygens (including phenoxy) is 2. The molecule has 0 aliphatic rings. The average Bonchev–Trinajstić information content (AvgIpc) is 2.38. The molecular weight excluding hydrogens is 236 g/mol. The van der Waals surface area contributed by atoms with Crippen molar-refractivity contribution in [1.29, 1.82) is 0 Å². The fourth-order valence-electron chi connectivity index (χ4n) is 1.54. The van der Waals surface area contributed by atoms with E-state index in [0.717, 1.165) is 18.5 Å². The molecule has 0 unspecified atom stereocenters. The number of non-ortho nitro benzene ring substituents is 1. The van der Waals surface area contributed by atoms with Crippen LogP contribution in [0.3, 0.4) is 0 Å². The molecule has 0 amide bonds. The summed E-state index contributed by atoms with van der Waals surface area (Å²) in [4.78, 5) is 10.3. The van der Waals surface area contributed by atoms with E-state index in [4.69, 9.17) is 9.47 Å². The SMILES string of the molecule is COCCCNCc1cc(OC)cc([N+](=O)[O-])c1. The van der Waals surface area contributed by atoms with E-state index in [1.165, 1.54) is 13.2 Å². The van der Waals surface area contributed by atoms with Gasteiger partial charge in [-0.3, -0.25) is 10.1 Å². The van der Waals surface area contributed by atoms with Crippen LogP contribution in [0.1, 0.15) is 12.0 Å². The largest absolute Gasteiger partial charge is 0.496 e. The third-order valence-corrected chi connectivity index (χ3v) is 2.43. The van der Waals surface area contributed by atoms with E-state index >= 15 is 0 Å². The molecule has 1 rings (SSSR count). The van der Waals surface area contributed by atoms with Crippen LogP contribution in [-0.4, -0.2) is 32.3 Å². The van der Waals surface area contributed by atoms with Crippen LogP contribution in [0.5, 0.6) is 5.75 Å². The predicted molar refractivity (Wildman–Crippen MR) is 67.8 cm³/mol. The van der Waals surface area contributed by atoms with Crippen LogP contribution in [-0.2, 0) is 11.3 Å². The Balaban J connectivity index is 2.58. The maximum atomic E-state index is 10.7. The van der Waals surface area contributed by atoms with Crippen molar-refractivity contribution in [3.8, 4) is 5.75 Å². The van der Waals surface area contributed by atoms with Crippen LogP contribution in [0.2, 0.25) is 0 Å². The zero-order valence-corrected chi connectivity index (χ0v) is 10.6. The van der Waals surface area contributed by atoms with Crippen molar-refractivity contribution in [3.05, 3.63) is 33.9 Å². The van der Waals surface area contributed by atoms with Gasteiger partial charge in [0, 0.05) is 26.3 Å². The summed E-state index contributed by atoms with van der Waals surface area (Å²) in [6, 6.07) is 4.75. The third kappa shape index (κ3) is 4.68. The molecule has 100 valence electrons. The summed E-state index contributed by atoms with van der Waals surface area (Å²) in [5, 5.41) is 13.9. The van der Waals surface area contributed by atoms with E-state index in [1.807, 2.05) is 0 Å². The minimum atomic E-state index is -0.420. The van der Waals surface area contributed by atoms with Gasteiger partial charge in [0.25, 0.3) is 5.69 Å². The van der Waals surface area contributed by atoms with Crippen molar-refractivity contribution in [2.24, 2.45) is 0 Å². The number of nitrogens with zero attached hydrogens (tertiary/aromatic N) is 1. The highest BCUT2D eigenvalue weighted by Gasteiger charge is 2.09. The van der Waals surface area contributed by atoms with E-state index in [1.54, 1.807) is 19.2 Å². The molecule has 0 heterocycles. The summed E-state index contributed by atoms with van der Waals surface area (Å²) in [6.07, 6.45) is 0.905. The highest BCUT2D eigenvalue weighted by Crippen LogP contribution is 2.22. The van der Waals surface area contributed by atoms with Crippen molar-refractivity contribution in [1.82, 2.24) is 5.32 Å². The number of methoxy groups -OCH3 is 2. The molecule has 1 aromatic carbocycles. The molecule has 0 bridgehead atoms. The van der Waals surface area contributed by atoms with E-state index < -0.39 is 4.92 Å². The normalized spacial score (nSPS) is 10.3. The fraction of sp³-hybridized carbons (Fsp3) is 0.500. The topological polar surface area (TPSA) is 73.6 Å². The van der Waals surface area contributed by atoms with Gasteiger partial charge >= 0.3 is 0 Å². The van der Waals surface area contributed by atoms with Crippen LogP contribution in [0.25, 0.3) is 0 Å². The average molecular weight is 254 g/mol. The van der Waals surface area contributed by atoms with Crippen LogP contribution < -0.4 is 10.1 Å².